The number of hydrogen-bond donors (Lipinski definition) is 1. The van der Waals surface area contributed by atoms with Crippen LogP contribution in [0.25, 0.3) is 38.3 Å². The smallest absolute Gasteiger partial charge is 0.235 e. The van der Waals surface area contributed by atoms with Crippen molar-refractivity contribution >= 4 is 39.5 Å². The first-order valence-electron chi connectivity index (χ1n) is 8.39. The summed E-state index contributed by atoms with van der Waals surface area (Å²) in [6.45, 7) is 2.06. The molecule has 3 aromatic heterocycles. The van der Waals surface area contributed by atoms with E-state index in [0.717, 1.165) is 27.5 Å². The van der Waals surface area contributed by atoms with Crippen LogP contribution in [0.3, 0.4) is 0 Å². The Morgan fingerprint density at radius 3 is 2.61 bits per heavy atom. The minimum Gasteiger partial charge on any atom is -0.274 e. The van der Waals surface area contributed by atoms with Crippen molar-refractivity contribution in [1.82, 2.24) is 30.0 Å². The van der Waals surface area contributed by atoms with Crippen molar-refractivity contribution in [2.24, 2.45) is 0 Å². The summed E-state index contributed by atoms with van der Waals surface area (Å²) in [7, 11) is 0. The summed E-state index contributed by atoms with van der Waals surface area (Å²) in [6.07, 6.45) is 0. The first-order valence-corrected chi connectivity index (χ1v) is 9.96. The Bertz CT molecular complexity index is 1300. The molecule has 28 heavy (non-hydrogen) atoms. The Labute approximate surface area is 173 Å². The number of halogens is 2. The number of aryl methyl sites for hydroxylation is 1. The average molecular weight is 427 g/mol. The molecule has 0 saturated heterocycles. The topological polar surface area (TPSA) is 71.8 Å². The highest BCUT2D eigenvalue weighted by molar-refractivity contribution is 7.19. The van der Waals surface area contributed by atoms with Crippen molar-refractivity contribution in [2.45, 2.75) is 6.92 Å². The van der Waals surface area contributed by atoms with Crippen molar-refractivity contribution in [3.8, 4) is 33.3 Å². The minimum atomic E-state index is 0.544. The van der Waals surface area contributed by atoms with E-state index in [9.17, 15) is 0 Å². The van der Waals surface area contributed by atoms with Crippen LogP contribution >= 0.6 is 34.5 Å². The normalized spacial score (nSPS) is 11.4. The van der Waals surface area contributed by atoms with Gasteiger partial charge in [-0.05, 0) is 31.2 Å². The van der Waals surface area contributed by atoms with Crippen LogP contribution in [0.1, 0.15) is 5.56 Å². The second kappa shape index (κ2) is 6.70. The van der Waals surface area contributed by atoms with Gasteiger partial charge in [0.2, 0.25) is 10.8 Å². The predicted molar refractivity (Wildman–Crippen MR) is 112 cm³/mol. The quantitative estimate of drug-likeness (QED) is 0.411. The van der Waals surface area contributed by atoms with Crippen molar-refractivity contribution in [3.63, 3.8) is 0 Å². The van der Waals surface area contributed by atoms with Crippen LogP contribution < -0.4 is 0 Å². The number of aromatic nitrogens is 6. The molecule has 138 valence electrons. The van der Waals surface area contributed by atoms with Crippen LogP contribution in [0.15, 0.2) is 48.5 Å². The lowest BCUT2D eigenvalue weighted by molar-refractivity contribution is 0.955. The summed E-state index contributed by atoms with van der Waals surface area (Å²) in [5.74, 6) is 0.591. The van der Waals surface area contributed by atoms with Crippen LogP contribution in [-0.4, -0.2) is 30.0 Å². The summed E-state index contributed by atoms with van der Waals surface area (Å²) in [5.41, 5.74) is 4.61. The molecule has 5 aromatic rings. The highest BCUT2D eigenvalue weighted by atomic mass is 35.5. The molecule has 2 aromatic carbocycles. The monoisotopic (exact) mass is 426 g/mol. The predicted octanol–water partition coefficient (Wildman–Crippen LogP) is 5.53. The molecule has 0 aliphatic carbocycles. The third-order valence-electron chi connectivity index (χ3n) is 4.32. The maximum atomic E-state index is 6.32. The maximum absolute atomic E-state index is 6.32. The van der Waals surface area contributed by atoms with Crippen molar-refractivity contribution in [2.75, 3.05) is 0 Å². The van der Waals surface area contributed by atoms with E-state index in [2.05, 4.69) is 44.5 Å². The van der Waals surface area contributed by atoms with Crippen molar-refractivity contribution in [3.05, 3.63) is 64.1 Å². The summed E-state index contributed by atoms with van der Waals surface area (Å²) in [6, 6.07) is 15.5. The Morgan fingerprint density at radius 1 is 1.00 bits per heavy atom. The van der Waals surface area contributed by atoms with Crippen LogP contribution in [0.2, 0.25) is 10.0 Å². The number of benzene rings is 2. The van der Waals surface area contributed by atoms with E-state index in [1.165, 1.54) is 16.9 Å². The molecule has 0 bridgehead atoms. The molecule has 0 fully saturated rings. The second-order valence-electron chi connectivity index (χ2n) is 6.28. The van der Waals surface area contributed by atoms with E-state index < -0.39 is 0 Å². The number of hydrogen-bond acceptors (Lipinski definition) is 5. The van der Waals surface area contributed by atoms with Gasteiger partial charge in [-0.25, -0.2) is 0 Å². The molecule has 6 nitrogen and oxygen atoms in total. The second-order valence-corrected chi connectivity index (χ2v) is 8.08. The Kier molecular flexibility index (Phi) is 4.16. The van der Waals surface area contributed by atoms with Gasteiger partial charge in [0.1, 0.15) is 10.7 Å². The first-order chi connectivity index (χ1) is 13.6. The molecule has 3 heterocycles. The van der Waals surface area contributed by atoms with E-state index in [1.807, 2.05) is 24.3 Å². The fourth-order valence-corrected chi connectivity index (χ4v) is 4.30. The maximum Gasteiger partial charge on any atom is 0.235 e. The molecule has 9 heteroatoms. The third kappa shape index (κ3) is 2.97. The fraction of sp³-hybridized carbons (Fsp3) is 0.0526. The number of nitrogens with zero attached hydrogens (tertiary/aromatic N) is 5. The number of H-pyrrole nitrogens is 1. The van der Waals surface area contributed by atoms with E-state index >= 15 is 0 Å². The summed E-state index contributed by atoms with van der Waals surface area (Å²) in [5, 5.41) is 22.4. The highest BCUT2D eigenvalue weighted by Gasteiger charge is 2.18. The Morgan fingerprint density at radius 2 is 1.82 bits per heavy atom. The fourth-order valence-electron chi connectivity index (χ4n) is 2.87. The molecular weight excluding hydrogens is 415 g/mol. The van der Waals surface area contributed by atoms with Crippen molar-refractivity contribution in [1.29, 1.82) is 0 Å². The van der Waals surface area contributed by atoms with Gasteiger partial charge in [-0.15, -0.1) is 10.2 Å². The molecule has 5 rings (SSSR count). The number of aromatic amines is 1. The van der Waals surface area contributed by atoms with Gasteiger partial charge >= 0.3 is 0 Å². The van der Waals surface area contributed by atoms with Gasteiger partial charge in [0, 0.05) is 16.1 Å². The van der Waals surface area contributed by atoms with Crippen LogP contribution in [0.4, 0.5) is 0 Å². The molecule has 0 unspecified atom stereocenters. The lowest BCUT2D eigenvalue weighted by Crippen LogP contribution is -1.91. The summed E-state index contributed by atoms with van der Waals surface area (Å²) in [4.78, 5) is 0.669. The molecule has 0 radical (unpaired) electrons. The lowest BCUT2D eigenvalue weighted by Gasteiger charge is -1.99. The molecule has 1 N–H and O–H groups in total. The van der Waals surface area contributed by atoms with Gasteiger partial charge < -0.3 is 0 Å². The van der Waals surface area contributed by atoms with E-state index in [0.29, 0.717) is 20.8 Å². The first kappa shape index (κ1) is 17.4. The van der Waals surface area contributed by atoms with E-state index in [4.69, 9.17) is 23.2 Å². The zero-order valence-electron chi connectivity index (χ0n) is 14.5. The lowest BCUT2D eigenvalue weighted by atomic mass is 10.1. The summed E-state index contributed by atoms with van der Waals surface area (Å²) < 4.78 is 1.69. The van der Waals surface area contributed by atoms with Gasteiger partial charge in [0.05, 0.1) is 10.7 Å². The average Bonchev–Trinajstić information content (AvgIpc) is 3.37. The molecule has 0 aliphatic rings. The van der Waals surface area contributed by atoms with Gasteiger partial charge in [-0.1, -0.05) is 64.4 Å². The van der Waals surface area contributed by atoms with Crippen LogP contribution in [0.5, 0.6) is 0 Å². The van der Waals surface area contributed by atoms with E-state index in [1.54, 1.807) is 16.6 Å². The number of rotatable bonds is 3. The third-order valence-corrected chi connectivity index (χ3v) is 5.80. The molecule has 0 spiro atoms. The molecule has 0 atom stereocenters. The van der Waals surface area contributed by atoms with Gasteiger partial charge in [0.25, 0.3) is 0 Å². The van der Waals surface area contributed by atoms with Crippen LogP contribution in [-0.2, 0) is 0 Å². The number of nitrogens with one attached hydrogen (secondary N) is 1. The Hall–Kier alpha value is -2.74. The Balaban J connectivity index is 1.55. The molecule has 0 aliphatic heterocycles. The van der Waals surface area contributed by atoms with Crippen molar-refractivity contribution < 1.29 is 0 Å². The largest absolute Gasteiger partial charge is 0.274 e. The van der Waals surface area contributed by atoms with Gasteiger partial charge in [-0.2, -0.15) is 14.7 Å². The zero-order valence-corrected chi connectivity index (χ0v) is 16.8. The summed E-state index contributed by atoms with van der Waals surface area (Å²) >= 11 is 13.7. The molecular formula is C19H12Cl2N6S. The van der Waals surface area contributed by atoms with E-state index in [-0.39, 0.29) is 0 Å². The molecule has 0 amide bonds. The zero-order chi connectivity index (χ0) is 19.3. The minimum absolute atomic E-state index is 0.544. The van der Waals surface area contributed by atoms with Crippen LogP contribution in [0, 0.1) is 6.92 Å². The number of fused-ring (bicyclic) bond motifs is 1. The van der Waals surface area contributed by atoms with Gasteiger partial charge in [0.15, 0.2) is 0 Å². The SMILES string of the molecule is Cc1ccc(-c2cc(-c3nnc4sc(-c5ccc(Cl)cc5Cl)nn34)[nH]n2)cc1. The van der Waals surface area contributed by atoms with Gasteiger partial charge in [-0.3, -0.25) is 5.10 Å². The standard InChI is InChI=1S/C19H12Cl2N6S/c1-10-2-4-11(5-3-10)15-9-16(23-22-15)17-24-25-19-27(17)26-18(28-19)13-7-6-12(20)8-14(13)21/h2-9H,1H3,(H,22,23). The highest BCUT2D eigenvalue weighted by Crippen LogP contribution is 2.34. The molecule has 0 saturated carbocycles.